The first-order valence-electron chi connectivity index (χ1n) is 6.94. The number of rotatable bonds is 7. The molecule has 2 aromatic rings. The van der Waals surface area contributed by atoms with E-state index < -0.39 is 13.2 Å². The second kappa shape index (κ2) is 7.79. The Morgan fingerprint density at radius 2 is 1.73 bits per heavy atom. The predicted octanol–water partition coefficient (Wildman–Crippen LogP) is 3.42. The molecular weight excluding hydrogens is 321 g/mol. The van der Waals surface area contributed by atoms with Crippen molar-refractivity contribution in [3.63, 3.8) is 0 Å². The van der Waals surface area contributed by atoms with Crippen LogP contribution in [0.25, 0.3) is 0 Å². The average Bonchev–Trinajstić information content (AvgIpc) is 2.51. The molecule has 2 rings (SSSR count). The van der Waals surface area contributed by atoms with E-state index >= 15 is 0 Å². The van der Waals surface area contributed by atoms with Crippen LogP contribution in [0.15, 0.2) is 57.2 Å². The number of aromatic nitrogens is 1. The minimum Gasteiger partial charge on any atom is -0.327 e. The van der Waals surface area contributed by atoms with E-state index in [-0.39, 0.29) is 18.5 Å². The zero-order valence-electron chi connectivity index (χ0n) is 12.4. The van der Waals surface area contributed by atoms with E-state index in [4.69, 9.17) is 9.05 Å². The maximum absolute atomic E-state index is 12.8. The maximum Gasteiger partial charge on any atom is 0.366 e. The highest BCUT2D eigenvalue weighted by Gasteiger charge is 2.30. The monoisotopic (exact) mass is 339 g/mol. The van der Waals surface area contributed by atoms with Gasteiger partial charge in [0.1, 0.15) is 5.30 Å². The summed E-state index contributed by atoms with van der Waals surface area (Å²) in [5, 5.41) is 0.0390. The van der Waals surface area contributed by atoms with Gasteiger partial charge in [0.2, 0.25) is 0 Å². The van der Waals surface area contributed by atoms with Crippen LogP contribution in [0.5, 0.6) is 0 Å². The molecule has 22 heavy (non-hydrogen) atoms. The summed E-state index contributed by atoms with van der Waals surface area (Å²) in [5.41, 5.74) is -0.456. The molecule has 0 aliphatic carbocycles. The van der Waals surface area contributed by atoms with E-state index in [0.29, 0.717) is 0 Å². The number of pyridine rings is 1. The fraction of sp³-hybridized carbons (Fsp3) is 0.267. The van der Waals surface area contributed by atoms with Gasteiger partial charge in [-0.3, -0.25) is 9.36 Å². The smallest absolute Gasteiger partial charge is 0.327 e. The Labute approximate surface area is 133 Å². The predicted molar refractivity (Wildman–Crippen MR) is 88.1 cm³/mol. The first-order valence-corrected chi connectivity index (χ1v) is 9.30. The highest BCUT2D eigenvalue weighted by Crippen LogP contribution is 2.46. The van der Waals surface area contributed by atoms with E-state index in [9.17, 15) is 9.36 Å². The van der Waals surface area contributed by atoms with Crippen LogP contribution < -0.4 is 10.9 Å². The largest absolute Gasteiger partial charge is 0.366 e. The van der Waals surface area contributed by atoms with Crippen LogP contribution in [0.2, 0.25) is 0 Å². The molecule has 0 saturated carbocycles. The first kappa shape index (κ1) is 17.0. The van der Waals surface area contributed by atoms with Gasteiger partial charge in [-0.1, -0.05) is 30.0 Å². The molecule has 1 heterocycles. The maximum atomic E-state index is 12.8. The average molecular weight is 339 g/mol. The molecule has 1 aromatic heterocycles. The number of H-pyrrole nitrogens is 1. The summed E-state index contributed by atoms with van der Waals surface area (Å²) in [7, 11) is -3.60. The summed E-state index contributed by atoms with van der Waals surface area (Å²) in [5.74, 6) is 0. The lowest BCUT2D eigenvalue weighted by atomic mass is 10.4. The molecule has 1 N–H and O–H groups in total. The molecule has 0 unspecified atom stereocenters. The third-order valence-electron chi connectivity index (χ3n) is 2.73. The van der Waals surface area contributed by atoms with Gasteiger partial charge in [-0.2, -0.15) is 0 Å². The molecular formula is C15H18NO4PS. The second-order valence-electron chi connectivity index (χ2n) is 4.30. The van der Waals surface area contributed by atoms with Crippen molar-refractivity contribution in [1.29, 1.82) is 0 Å². The van der Waals surface area contributed by atoms with Crippen LogP contribution in [-0.2, 0) is 13.6 Å². The lowest BCUT2D eigenvalue weighted by Crippen LogP contribution is -2.28. The Hall–Kier alpha value is -1.33. The van der Waals surface area contributed by atoms with Crippen molar-refractivity contribution in [3.8, 4) is 0 Å². The van der Waals surface area contributed by atoms with E-state index in [1.807, 2.05) is 30.3 Å². The number of benzene rings is 1. The molecule has 0 fully saturated rings. The molecule has 5 nitrogen and oxygen atoms in total. The Morgan fingerprint density at radius 3 is 2.32 bits per heavy atom. The Morgan fingerprint density at radius 1 is 1.09 bits per heavy atom. The van der Waals surface area contributed by atoms with E-state index in [1.165, 1.54) is 11.8 Å². The van der Waals surface area contributed by atoms with Crippen LogP contribution in [0.1, 0.15) is 13.8 Å². The Bertz CT molecular complexity index is 707. The molecule has 0 atom stereocenters. The Balaban J connectivity index is 2.37. The van der Waals surface area contributed by atoms with Gasteiger partial charge in [0.15, 0.2) is 0 Å². The van der Waals surface area contributed by atoms with Crippen molar-refractivity contribution >= 4 is 24.7 Å². The summed E-state index contributed by atoms with van der Waals surface area (Å²) < 4.78 is 23.3. The highest BCUT2D eigenvalue weighted by atomic mass is 32.2. The molecule has 1 aromatic carbocycles. The highest BCUT2D eigenvalue weighted by molar-refractivity contribution is 7.99. The van der Waals surface area contributed by atoms with Crippen LogP contribution in [0, 0.1) is 0 Å². The second-order valence-corrected chi connectivity index (χ2v) is 7.44. The van der Waals surface area contributed by atoms with Crippen LogP contribution >= 0.6 is 19.4 Å². The molecule has 7 heteroatoms. The van der Waals surface area contributed by atoms with Gasteiger partial charge >= 0.3 is 7.60 Å². The molecule has 0 aliphatic rings. The van der Waals surface area contributed by atoms with Crippen molar-refractivity contribution < 1.29 is 13.6 Å². The summed E-state index contributed by atoms with van der Waals surface area (Å²) in [6, 6.07) is 11.3. The minimum atomic E-state index is -3.60. The fourth-order valence-corrected chi connectivity index (χ4v) is 4.45. The minimum absolute atomic E-state index is 0.0390. The van der Waals surface area contributed by atoms with Gasteiger partial charge in [0, 0.05) is 16.0 Å². The van der Waals surface area contributed by atoms with Crippen molar-refractivity contribution in [2.24, 2.45) is 0 Å². The first-order chi connectivity index (χ1) is 10.6. The zero-order chi connectivity index (χ0) is 16.0. The number of aromatic amines is 1. The van der Waals surface area contributed by atoms with Gasteiger partial charge < -0.3 is 14.0 Å². The molecule has 0 spiro atoms. The number of hydrogen-bond donors (Lipinski definition) is 1. The van der Waals surface area contributed by atoms with Crippen LogP contribution in [0.3, 0.4) is 0 Å². The lowest BCUT2D eigenvalue weighted by molar-refractivity contribution is 0.229. The normalized spacial score (nSPS) is 11.5. The molecule has 0 bridgehead atoms. The zero-order valence-corrected chi connectivity index (χ0v) is 14.2. The van der Waals surface area contributed by atoms with Gasteiger partial charge in [-0.25, -0.2) is 0 Å². The Kier molecular flexibility index (Phi) is 6.03. The van der Waals surface area contributed by atoms with Crippen LogP contribution in [0.4, 0.5) is 0 Å². The topological polar surface area (TPSA) is 68.4 Å². The molecule has 0 aliphatic heterocycles. The van der Waals surface area contributed by atoms with Crippen LogP contribution in [-0.4, -0.2) is 18.2 Å². The van der Waals surface area contributed by atoms with Crippen molar-refractivity contribution in [2.75, 3.05) is 13.2 Å². The van der Waals surface area contributed by atoms with Crippen molar-refractivity contribution in [1.82, 2.24) is 4.98 Å². The summed E-state index contributed by atoms with van der Waals surface area (Å²) in [6.45, 7) is 3.82. The van der Waals surface area contributed by atoms with E-state index in [2.05, 4.69) is 4.98 Å². The fourth-order valence-electron chi connectivity index (χ4n) is 1.86. The quantitative estimate of drug-likeness (QED) is 0.783. The molecule has 0 amide bonds. The SMILES string of the molecule is CCOP(=O)(OCC)c1cc(Sc2ccccc2)c[nH]c1=O. The molecule has 0 saturated heterocycles. The molecule has 0 radical (unpaired) electrons. The van der Waals surface area contributed by atoms with Crippen molar-refractivity contribution in [2.45, 2.75) is 23.6 Å². The standard InChI is InChI=1S/C15H18NO4PS/c1-3-19-21(18,20-4-2)14-10-13(11-16-15(14)17)22-12-8-6-5-7-9-12/h5-11H,3-4H2,1-2H3,(H,16,17). The number of hydrogen-bond acceptors (Lipinski definition) is 5. The summed E-state index contributed by atoms with van der Waals surface area (Å²) in [6.07, 6.45) is 1.59. The summed E-state index contributed by atoms with van der Waals surface area (Å²) in [4.78, 5) is 16.4. The van der Waals surface area contributed by atoms with Gasteiger partial charge in [0.25, 0.3) is 5.56 Å². The van der Waals surface area contributed by atoms with Crippen molar-refractivity contribution in [3.05, 3.63) is 52.9 Å². The van der Waals surface area contributed by atoms with Gasteiger partial charge in [0.05, 0.1) is 13.2 Å². The number of nitrogens with one attached hydrogen (secondary N) is 1. The lowest BCUT2D eigenvalue weighted by Gasteiger charge is -2.16. The molecule has 118 valence electrons. The van der Waals surface area contributed by atoms with Gasteiger partial charge in [-0.15, -0.1) is 0 Å². The third kappa shape index (κ3) is 4.11. The van der Waals surface area contributed by atoms with Gasteiger partial charge in [-0.05, 0) is 32.0 Å². The third-order valence-corrected chi connectivity index (χ3v) is 5.83. The van der Waals surface area contributed by atoms with E-state index in [0.717, 1.165) is 9.79 Å². The van der Waals surface area contributed by atoms with E-state index in [1.54, 1.807) is 26.1 Å². The summed E-state index contributed by atoms with van der Waals surface area (Å²) >= 11 is 1.46.